The van der Waals surface area contributed by atoms with Crippen LogP contribution in [0.15, 0.2) is 46.9 Å². The van der Waals surface area contributed by atoms with E-state index in [0.29, 0.717) is 25.0 Å². The summed E-state index contributed by atoms with van der Waals surface area (Å²) in [6, 6.07) is 11.5. The number of ketones is 1. The minimum Gasteiger partial charge on any atom is -0.493 e. The van der Waals surface area contributed by atoms with Crippen molar-refractivity contribution < 1.29 is 13.9 Å². The SMILES string of the molecule is Cc1ccc(Br)cc1OCCCC(=O)c1ccc(F)cc1. The Morgan fingerprint density at radius 3 is 2.62 bits per heavy atom. The molecular formula is C17H16BrFO2. The van der Waals surface area contributed by atoms with Crippen LogP contribution in [0.25, 0.3) is 0 Å². The molecule has 0 radical (unpaired) electrons. The lowest BCUT2D eigenvalue weighted by Gasteiger charge is -2.09. The Morgan fingerprint density at radius 1 is 1.19 bits per heavy atom. The van der Waals surface area contributed by atoms with E-state index < -0.39 is 0 Å². The summed E-state index contributed by atoms with van der Waals surface area (Å²) in [5.41, 5.74) is 1.60. The molecule has 0 aliphatic rings. The molecule has 2 nitrogen and oxygen atoms in total. The number of carbonyl (C=O) groups is 1. The zero-order valence-electron chi connectivity index (χ0n) is 11.7. The standard InChI is InChI=1S/C17H16BrFO2/c1-12-4-7-14(18)11-17(12)21-10-2-3-16(20)13-5-8-15(19)9-6-13/h4-9,11H,2-3,10H2,1H3. The van der Waals surface area contributed by atoms with Gasteiger partial charge < -0.3 is 4.74 Å². The summed E-state index contributed by atoms with van der Waals surface area (Å²) in [5, 5.41) is 0. The Morgan fingerprint density at radius 2 is 1.90 bits per heavy atom. The maximum absolute atomic E-state index is 12.8. The van der Waals surface area contributed by atoms with Crippen molar-refractivity contribution in [1.82, 2.24) is 0 Å². The van der Waals surface area contributed by atoms with Crippen molar-refractivity contribution in [1.29, 1.82) is 0 Å². The lowest BCUT2D eigenvalue weighted by Crippen LogP contribution is -2.04. The van der Waals surface area contributed by atoms with Crippen molar-refractivity contribution in [3.05, 3.63) is 63.9 Å². The van der Waals surface area contributed by atoms with Crippen LogP contribution in [0, 0.1) is 12.7 Å². The van der Waals surface area contributed by atoms with Gasteiger partial charge in [0, 0.05) is 16.5 Å². The molecule has 2 aromatic rings. The molecule has 0 fully saturated rings. The molecule has 0 N–H and O–H groups in total. The van der Waals surface area contributed by atoms with Crippen LogP contribution < -0.4 is 4.74 Å². The highest BCUT2D eigenvalue weighted by Crippen LogP contribution is 2.23. The highest BCUT2D eigenvalue weighted by Gasteiger charge is 2.06. The van der Waals surface area contributed by atoms with Gasteiger partial charge in [-0.1, -0.05) is 22.0 Å². The summed E-state index contributed by atoms with van der Waals surface area (Å²) in [6.45, 7) is 2.45. The van der Waals surface area contributed by atoms with Gasteiger partial charge in [0.05, 0.1) is 6.61 Å². The number of hydrogen-bond donors (Lipinski definition) is 0. The topological polar surface area (TPSA) is 26.3 Å². The third-order valence-corrected chi connectivity index (χ3v) is 3.62. The van der Waals surface area contributed by atoms with Gasteiger partial charge in [-0.2, -0.15) is 0 Å². The van der Waals surface area contributed by atoms with Crippen LogP contribution >= 0.6 is 15.9 Å². The zero-order valence-corrected chi connectivity index (χ0v) is 13.3. The summed E-state index contributed by atoms with van der Waals surface area (Å²) < 4.78 is 19.4. The van der Waals surface area contributed by atoms with E-state index in [9.17, 15) is 9.18 Å². The smallest absolute Gasteiger partial charge is 0.163 e. The average Bonchev–Trinajstić information content (AvgIpc) is 2.47. The summed E-state index contributed by atoms with van der Waals surface area (Å²) in [7, 11) is 0. The van der Waals surface area contributed by atoms with Crippen LogP contribution in [0.2, 0.25) is 0 Å². The fourth-order valence-corrected chi connectivity index (χ4v) is 2.26. The molecule has 110 valence electrons. The van der Waals surface area contributed by atoms with Crippen LogP contribution in [-0.2, 0) is 0 Å². The molecule has 4 heteroatoms. The van der Waals surface area contributed by atoms with Crippen molar-refractivity contribution in [2.45, 2.75) is 19.8 Å². The summed E-state index contributed by atoms with van der Waals surface area (Å²) in [4.78, 5) is 11.9. The fourth-order valence-electron chi connectivity index (χ4n) is 1.92. The zero-order chi connectivity index (χ0) is 15.2. The number of halogens is 2. The Hall–Kier alpha value is -1.68. The minimum atomic E-state index is -0.333. The monoisotopic (exact) mass is 350 g/mol. The van der Waals surface area contributed by atoms with Gasteiger partial charge >= 0.3 is 0 Å². The fraction of sp³-hybridized carbons (Fsp3) is 0.235. The van der Waals surface area contributed by atoms with E-state index in [0.717, 1.165) is 15.8 Å². The van der Waals surface area contributed by atoms with E-state index in [2.05, 4.69) is 15.9 Å². The summed E-state index contributed by atoms with van der Waals surface area (Å²) in [5.74, 6) is 0.489. The number of carbonyl (C=O) groups excluding carboxylic acids is 1. The number of rotatable bonds is 6. The van der Waals surface area contributed by atoms with Gasteiger partial charge in [-0.25, -0.2) is 4.39 Å². The first kappa shape index (κ1) is 15.7. The first-order valence-corrected chi connectivity index (χ1v) is 7.53. The Labute approximate surface area is 132 Å². The molecule has 0 amide bonds. The number of hydrogen-bond acceptors (Lipinski definition) is 2. The molecule has 0 saturated carbocycles. The van der Waals surface area contributed by atoms with Crippen molar-refractivity contribution >= 4 is 21.7 Å². The van der Waals surface area contributed by atoms with Crippen LogP contribution in [0.1, 0.15) is 28.8 Å². The Balaban J connectivity index is 1.80. The Bertz CT molecular complexity index is 623. The van der Waals surface area contributed by atoms with Crippen molar-refractivity contribution in [3.8, 4) is 5.75 Å². The molecule has 2 rings (SSSR count). The average molecular weight is 351 g/mol. The molecule has 0 unspecified atom stereocenters. The minimum absolute atomic E-state index is 0.00423. The van der Waals surface area contributed by atoms with Gasteiger partial charge in [-0.05, 0) is 55.3 Å². The number of aryl methyl sites for hydroxylation is 1. The van der Waals surface area contributed by atoms with Gasteiger partial charge in [-0.3, -0.25) is 4.79 Å². The summed E-state index contributed by atoms with van der Waals surface area (Å²) in [6.07, 6.45) is 1.01. The summed E-state index contributed by atoms with van der Waals surface area (Å²) >= 11 is 3.40. The second-order valence-corrected chi connectivity index (χ2v) is 5.71. The van der Waals surface area contributed by atoms with Gasteiger partial charge in [0.1, 0.15) is 11.6 Å². The molecule has 0 aliphatic heterocycles. The lowest BCUT2D eigenvalue weighted by atomic mass is 10.1. The van der Waals surface area contributed by atoms with E-state index >= 15 is 0 Å². The van der Waals surface area contributed by atoms with Crippen molar-refractivity contribution in [2.24, 2.45) is 0 Å². The van der Waals surface area contributed by atoms with E-state index in [4.69, 9.17) is 4.74 Å². The largest absolute Gasteiger partial charge is 0.493 e. The highest BCUT2D eigenvalue weighted by molar-refractivity contribution is 9.10. The molecule has 21 heavy (non-hydrogen) atoms. The van der Waals surface area contributed by atoms with E-state index in [-0.39, 0.29) is 11.6 Å². The first-order chi connectivity index (χ1) is 10.1. The molecular weight excluding hydrogens is 335 g/mol. The van der Waals surface area contributed by atoms with Crippen molar-refractivity contribution in [3.63, 3.8) is 0 Å². The van der Waals surface area contributed by atoms with Gasteiger partial charge in [0.15, 0.2) is 5.78 Å². The highest BCUT2D eigenvalue weighted by atomic mass is 79.9. The number of benzene rings is 2. The number of Topliss-reactive ketones (excluding diaryl/α,β-unsaturated/α-hetero) is 1. The molecule has 0 heterocycles. The van der Waals surface area contributed by atoms with E-state index in [1.807, 2.05) is 25.1 Å². The van der Waals surface area contributed by atoms with Crippen molar-refractivity contribution in [2.75, 3.05) is 6.61 Å². The number of ether oxygens (including phenoxy) is 1. The quantitative estimate of drug-likeness (QED) is 0.544. The molecule has 0 aliphatic carbocycles. The van der Waals surface area contributed by atoms with Gasteiger partial charge in [0.25, 0.3) is 0 Å². The van der Waals surface area contributed by atoms with Gasteiger partial charge in [0.2, 0.25) is 0 Å². The predicted octanol–water partition coefficient (Wildman–Crippen LogP) is 4.94. The third kappa shape index (κ3) is 4.67. The maximum atomic E-state index is 12.8. The molecule has 0 spiro atoms. The van der Waals surface area contributed by atoms with E-state index in [1.165, 1.54) is 24.3 Å². The van der Waals surface area contributed by atoms with Crippen LogP contribution in [0.5, 0.6) is 5.75 Å². The molecule has 0 saturated heterocycles. The second kappa shape index (κ2) is 7.36. The normalized spacial score (nSPS) is 10.4. The predicted molar refractivity (Wildman–Crippen MR) is 84.3 cm³/mol. The van der Waals surface area contributed by atoms with E-state index in [1.54, 1.807) is 0 Å². The molecule has 0 atom stereocenters. The van der Waals surface area contributed by atoms with Gasteiger partial charge in [-0.15, -0.1) is 0 Å². The van der Waals surface area contributed by atoms with Crippen LogP contribution in [0.4, 0.5) is 4.39 Å². The second-order valence-electron chi connectivity index (χ2n) is 4.79. The molecule has 0 aromatic heterocycles. The van der Waals surface area contributed by atoms with Crippen LogP contribution in [0.3, 0.4) is 0 Å². The third-order valence-electron chi connectivity index (χ3n) is 3.12. The molecule has 2 aromatic carbocycles. The Kier molecular flexibility index (Phi) is 5.51. The van der Waals surface area contributed by atoms with Crippen LogP contribution in [-0.4, -0.2) is 12.4 Å². The first-order valence-electron chi connectivity index (χ1n) is 6.74. The lowest BCUT2D eigenvalue weighted by molar-refractivity contribution is 0.0973. The molecule has 0 bridgehead atoms. The maximum Gasteiger partial charge on any atom is 0.163 e.